The van der Waals surface area contributed by atoms with E-state index in [1.54, 1.807) is 0 Å². The first kappa shape index (κ1) is 13.4. The van der Waals surface area contributed by atoms with Gasteiger partial charge in [-0.25, -0.2) is 9.18 Å². The second-order valence-electron chi connectivity index (χ2n) is 3.34. The van der Waals surface area contributed by atoms with E-state index in [9.17, 15) is 14.3 Å². The van der Waals surface area contributed by atoms with Crippen LogP contribution < -0.4 is 4.74 Å². The van der Waals surface area contributed by atoms with Crippen molar-refractivity contribution in [3.05, 3.63) is 29.6 Å². The van der Waals surface area contributed by atoms with E-state index in [1.165, 1.54) is 19.2 Å². The molecule has 17 heavy (non-hydrogen) atoms. The van der Waals surface area contributed by atoms with Crippen molar-refractivity contribution in [3.8, 4) is 5.75 Å². The molecule has 94 valence electrons. The summed E-state index contributed by atoms with van der Waals surface area (Å²) in [6.45, 7) is -0.216. The van der Waals surface area contributed by atoms with Crippen LogP contribution in [0.15, 0.2) is 18.2 Å². The molecular formula is C11H13FO5. The van der Waals surface area contributed by atoms with Gasteiger partial charge >= 0.3 is 5.97 Å². The zero-order chi connectivity index (χ0) is 12.8. The Balaban J connectivity index is 2.79. The van der Waals surface area contributed by atoms with Crippen molar-refractivity contribution < 1.29 is 28.9 Å². The molecule has 0 spiro atoms. The van der Waals surface area contributed by atoms with Crippen molar-refractivity contribution in [1.29, 1.82) is 0 Å². The molecule has 0 fully saturated rings. The van der Waals surface area contributed by atoms with Crippen molar-refractivity contribution in [2.24, 2.45) is 0 Å². The molecule has 1 aromatic rings. The predicted octanol–water partition coefficient (Wildman–Crippen LogP) is 0.910. The number of methoxy groups -OCH3 is 1. The molecule has 0 amide bonds. The molecular weight excluding hydrogens is 231 g/mol. The van der Waals surface area contributed by atoms with Gasteiger partial charge in [-0.05, 0) is 12.1 Å². The lowest BCUT2D eigenvalue weighted by molar-refractivity contribution is 0.0309. The molecule has 0 aromatic heterocycles. The lowest BCUT2D eigenvalue weighted by Crippen LogP contribution is -2.23. The molecule has 5 nitrogen and oxygen atoms in total. The van der Waals surface area contributed by atoms with Crippen molar-refractivity contribution >= 4 is 5.97 Å². The molecule has 0 aliphatic carbocycles. The van der Waals surface area contributed by atoms with Gasteiger partial charge in [-0.15, -0.1) is 0 Å². The van der Waals surface area contributed by atoms with E-state index >= 15 is 0 Å². The van der Waals surface area contributed by atoms with E-state index in [2.05, 4.69) is 4.74 Å². The lowest BCUT2D eigenvalue weighted by Gasteiger charge is -2.13. The SMILES string of the molecule is COCC(O)COc1c(F)cccc1C(=O)O. The van der Waals surface area contributed by atoms with E-state index < -0.39 is 17.9 Å². The van der Waals surface area contributed by atoms with Crippen molar-refractivity contribution in [3.63, 3.8) is 0 Å². The maximum atomic E-state index is 13.3. The molecule has 0 radical (unpaired) electrons. The average molecular weight is 244 g/mol. The molecule has 1 rings (SSSR count). The fourth-order valence-corrected chi connectivity index (χ4v) is 1.24. The highest BCUT2D eigenvalue weighted by Gasteiger charge is 2.16. The summed E-state index contributed by atoms with van der Waals surface area (Å²) in [4.78, 5) is 10.8. The van der Waals surface area contributed by atoms with Crippen LogP contribution in [0, 0.1) is 5.82 Å². The second-order valence-corrected chi connectivity index (χ2v) is 3.34. The first-order valence-corrected chi connectivity index (χ1v) is 4.88. The average Bonchev–Trinajstić information content (AvgIpc) is 2.27. The molecule has 1 atom stereocenters. The highest BCUT2D eigenvalue weighted by molar-refractivity contribution is 5.90. The summed E-state index contributed by atoms with van der Waals surface area (Å²) in [6, 6.07) is 3.59. The van der Waals surface area contributed by atoms with Gasteiger partial charge in [-0.2, -0.15) is 0 Å². The number of hydrogen-bond acceptors (Lipinski definition) is 4. The summed E-state index contributed by atoms with van der Waals surface area (Å²) < 4.78 is 23.0. The van der Waals surface area contributed by atoms with Crippen LogP contribution in [0.1, 0.15) is 10.4 Å². The molecule has 2 N–H and O–H groups in total. The van der Waals surface area contributed by atoms with Crippen LogP contribution in [0.3, 0.4) is 0 Å². The number of hydrogen-bond donors (Lipinski definition) is 2. The Bertz CT molecular complexity index is 393. The van der Waals surface area contributed by atoms with E-state index in [4.69, 9.17) is 9.84 Å². The van der Waals surface area contributed by atoms with Crippen molar-refractivity contribution in [2.75, 3.05) is 20.3 Å². The number of benzene rings is 1. The molecule has 1 aromatic carbocycles. The fourth-order valence-electron chi connectivity index (χ4n) is 1.24. The van der Waals surface area contributed by atoms with Crippen LogP contribution in [0.2, 0.25) is 0 Å². The first-order valence-electron chi connectivity index (χ1n) is 4.88. The van der Waals surface area contributed by atoms with Gasteiger partial charge in [0, 0.05) is 7.11 Å². The van der Waals surface area contributed by atoms with E-state index in [0.717, 1.165) is 6.07 Å². The third-order valence-electron chi connectivity index (χ3n) is 1.98. The largest absolute Gasteiger partial charge is 0.487 e. The smallest absolute Gasteiger partial charge is 0.339 e. The monoisotopic (exact) mass is 244 g/mol. The molecule has 0 saturated heterocycles. The van der Waals surface area contributed by atoms with Crippen molar-refractivity contribution in [2.45, 2.75) is 6.10 Å². The molecule has 0 saturated carbocycles. The van der Waals surface area contributed by atoms with E-state index in [0.29, 0.717) is 0 Å². The van der Waals surface area contributed by atoms with Gasteiger partial charge in [0.15, 0.2) is 11.6 Å². The topological polar surface area (TPSA) is 76.0 Å². The van der Waals surface area contributed by atoms with Crippen LogP contribution >= 0.6 is 0 Å². The van der Waals surface area contributed by atoms with Crippen LogP contribution in [0.5, 0.6) is 5.75 Å². The number of aromatic carboxylic acids is 1. The van der Waals surface area contributed by atoms with Gasteiger partial charge in [0.25, 0.3) is 0 Å². The number of aliphatic hydroxyl groups excluding tert-OH is 1. The van der Waals surface area contributed by atoms with Gasteiger partial charge in [-0.1, -0.05) is 6.07 Å². The summed E-state index contributed by atoms with van der Waals surface area (Å²) in [5, 5.41) is 18.1. The minimum absolute atomic E-state index is 0.0247. The highest BCUT2D eigenvalue weighted by atomic mass is 19.1. The number of aliphatic hydroxyl groups is 1. The highest BCUT2D eigenvalue weighted by Crippen LogP contribution is 2.22. The Morgan fingerprint density at radius 1 is 1.47 bits per heavy atom. The molecule has 0 aliphatic heterocycles. The van der Waals surface area contributed by atoms with Gasteiger partial charge in [0.1, 0.15) is 18.3 Å². The number of halogens is 1. The van der Waals surface area contributed by atoms with Crippen LogP contribution in [0.25, 0.3) is 0 Å². The van der Waals surface area contributed by atoms with Crippen LogP contribution in [-0.2, 0) is 4.74 Å². The van der Waals surface area contributed by atoms with Crippen LogP contribution in [0.4, 0.5) is 4.39 Å². The number of carboxylic acid groups (broad SMARTS) is 1. The standard InChI is InChI=1S/C11H13FO5/c1-16-5-7(13)6-17-10-8(11(14)15)3-2-4-9(10)12/h2-4,7,13H,5-6H2,1H3,(H,14,15). The molecule has 6 heteroatoms. The Morgan fingerprint density at radius 3 is 2.76 bits per heavy atom. The summed E-state index contributed by atoms with van der Waals surface area (Å²) >= 11 is 0. The lowest BCUT2D eigenvalue weighted by atomic mass is 10.2. The maximum Gasteiger partial charge on any atom is 0.339 e. The van der Waals surface area contributed by atoms with E-state index in [1.807, 2.05) is 0 Å². The third kappa shape index (κ3) is 3.69. The second kappa shape index (κ2) is 6.17. The van der Waals surface area contributed by atoms with Gasteiger partial charge in [-0.3, -0.25) is 0 Å². The third-order valence-corrected chi connectivity index (χ3v) is 1.98. The summed E-state index contributed by atoms with van der Waals surface area (Å²) in [7, 11) is 1.40. The quantitative estimate of drug-likeness (QED) is 0.777. The molecule has 0 aliphatic rings. The first-order chi connectivity index (χ1) is 8.06. The van der Waals surface area contributed by atoms with Gasteiger partial charge < -0.3 is 19.7 Å². The molecule has 1 unspecified atom stereocenters. The predicted molar refractivity (Wildman–Crippen MR) is 56.7 cm³/mol. The molecule has 0 heterocycles. The number of para-hydroxylation sites is 1. The Morgan fingerprint density at radius 2 is 2.18 bits per heavy atom. The summed E-state index contributed by atoms with van der Waals surface area (Å²) in [5.74, 6) is -2.45. The van der Waals surface area contributed by atoms with Gasteiger partial charge in [0.2, 0.25) is 0 Å². The Hall–Kier alpha value is -1.66. The van der Waals surface area contributed by atoms with Gasteiger partial charge in [0.05, 0.1) is 6.61 Å². The zero-order valence-corrected chi connectivity index (χ0v) is 9.22. The Labute approximate surface area is 97.4 Å². The van der Waals surface area contributed by atoms with E-state index in [-0.39, 0.29) is 24.5 Å². The number of rotatable bonds is 6. The summed E-state index contributed by atoms with van der Waals surface area (Å²) in [5.41, 5.74) is -0.283. The normalized spacial score (nSPS) is 12.2. The zero-order valence-electron chi connectivity index (χ0n) is 9.22. The maximum absolute atomic E-state index is 13.3. The minimum Gasteiger partial charge on any atom is -0.487 e. The van der Waals surface area contributed by atoms with Crippen LogP contribution in [-0.4, -0.2) is 42.6 Å². The fraction of sp³-hybridized carbons (Fsp3) is 0.364. The Kier molecular flexibility index (Phi) is 4.86. The van der Waals surface area contributed by atoms with Crippen molar-refractivity contribution in [1.82, 2.24) is 0 Å². The number of carbonyl (C=O) groups is 1. The number of carboxylic acids is 1. The number of ether oxygens (including phenoxy) is 2. The summed E-state index contributed by atoms with van der Waals surface area (Å²) in [6.07, 6.45) is -0.943. The minimum atomic E-state index is -1.29. The molecule has 0 bridgehead atoms.